The number of anilines is 1. The molecule has 2 N–H and O–H groups in total. The van der Waals surface area contributed by atoms with Crippen LogP contribution in [0.3, 0.4) is 0 Å². The third kappa shape index (κ3) is 1.99. The first-order valence-electron chi connectivity index (χ1n) is 4.79. The van der Waals surface area contributed by atoms with Crippen molar-refractivity contribution in [3.05, 3.63) is 59.4 Å². The van der Waals surface area contributed by atoms with Crippen LogP contribution >= 0.6 is 0 Å². The lowest BCUT2D eigenvalue weighted by Crippen LogP contribution is -2.10. The van der Waals surface area contributed by atoms with Crippen molar-refractivity contribution in [2.24, 2.45) is 0 Å². The van der Waals surface area contributed by atoms with Gasteiger partial charge in [0.1, 0.15) is 11.6 Å². The van der Waals surface area contributed by atoms with Crippen LogP contribution < -0.4 is 5.73 Å². The van der Waals surface area contributed by atoms with Gasteiger partial charge in [0.15, 0.2) is 0 Å². The maximum Gasteiger partial charge on any atom is 0.202 e. The second-order valence-electron chi connectivity index (χ2n) is 3.39. The van der Waals surface area contributed by atoms with E-state index in [1.165, 1.54) is 24.5 Å². The molecule has 1 aromatic heterocycles. The highest BCUT2D eigenvalue weighted by Gasteiger charge is 2.20. The van der Waals surface area contributed by atoms with Crippen LogP contribution in [0.4, 0.5) is 14.5 Å². The minimum absolute atomic E-state index is 0.0171. The fourth-order valence-electron chi connectivity index (χ4n) is 1.44. The van der Waals surface area contributed by atoms with Gasteiger partial charge in [-0.15, -0.1) is 0 Å². The molecule has 86 valence electrons. The molecule has 0 saturated carbocycles. The van der Waals surface area contributed by atoms with E-state index in [1.54, 1.807) is 0 Å². The van der Waals surface area contributed by atoms with Crippen LogP contribution in [0.25, 0.3) is 0 Å². The average Bonchev–Trinajstić information content (AvgIpc) is 2.29. The third-order valence-corrected chi connectivity index (χ3v) is 2.29. The Labute approximate surface area is 95.9 Å². The molecule has 0 amide bonds. The van der Waals surface area contributed by atoms with Gasteiger partial charge in [0.2, 0.25) is 5.78 Å². The summed E-state index contributed by atoms with van der Waals surface area (Å²) in [4.78, 5) is 15.6. The van der Waals surface area contributed by atoms with E-state index in [1.807, 2.05) is 0 Å². The Kier molecular flexibility index (Phi) is 2.82. The molecule has 1 heterocycles. The van der Waals surface area contributed by atoms with E-state index < -0.39 is 23.0 Å². The first-order valence-corrected chi connectivity index (χ1v) is 4.79. The monoisotopic (exact) mass is 234 g/mol. The lowest BCUT2D eigenvalue weighted by molar-refractivity contribution is 0.103. The summed E-state index contributed by atoms with van der Waals surface area (Å²) in [5.74, 6) is -2.65. The number of carbonyl (C=O) groups is 1. The van der Waals surface area contributed by atoms with Crippen molar-refractivity contribution in [1.82, 2.24) is 4.98 Å². The Morgan fingerprint density at radius 3 is 2.41 bits per heavy atom. The van der Waals surface area contributed by atoms with E-state index in [9.17, 15) is 13.6 Å². The van der Waals surface area contributed by atoms with Crippen LogP contribution in [0.5, 0.6) is 0 Å². The molecule has 3 nitrogen and oxygen atoms in total. The largest absolute Gasteiger partial charge is 0.398 e. The van der Waals surface area contributed by atoms with Crippen molar-refractivity contribution in [3.63, 3.8) is 0 Å². The second kappa shape index (κ2) is 4.29. The number of pyridine rings is 1. The molecule has 2 aromatic rings. The highest BCUT2D eigenvalue weighted by molar-refractivity contribution is 6.12. The van der Waals surface area contributed by atoms with Gasteiger partial charge in [0.25, 0.3) is 0 Å². The fraction of sp³-hybridized carbons (Fsp3) is 0. The Bertz CT molecular complexity index is 564. The predicted molar refractivity (Wildman–Crippen MR) is 58.4 cm³/mol. The molecule has 0 radical (unpaired) electrons. The molecule has 0 aliphatic heterocycles. The number of hydrogen-bond donors (Lipinski definition) is 1. The third-order valence-electron chi connectivity index (χ3n) is 2.29. The summed E-state index contributed by atoms with van der Waals surface area (Å²) in [5.41, 5.74) is 5.05. The number of nitrogens with zero attached hydrogens (tertiary/aromatic N) is 1. The van der Waals surface area contributed by atoms with Gasteiger partial charge in [-0.05, 0) is 18.2 Å². The molecule has 0 aliphatic rings. The molecular formula is C12H8F2N2O. The molecule has 5 heteroatoms. The number of ketones is 1. The van der Waals surface area contributed by atoms with Crippen LogP contribution in [0, 0.1) is 11.6 Å². The summed E-state index contributed by atoms with van der Waals surface area (Å²) in [6.45, 7) is 0. The van der Waals surface area contributed by atoms with Gasteiger partial charge in [-0.25, -0.2) is 8.78 Å². The van der Waals surface area contributed by atoms with E-state index in [0.717, 1.165) is 12.1 Å². The van der Waals surface area contributed by atoms with Crippen LogP contribution in [0.1, 0.15) is 15.9 Å². The number of nitrogens with two attached hydrogens (primary N) is 1. The number of aromatic nitrogens is 1. The fourth-order valence-corrected chi connectivity index (χ4v) is 1.44. The van der Waals surface area contributed by atoms with Crippen molar-refractivity contribution in [2.75, 3.05) is 5.73 Å². The van der Waals surface area contributed by atoms with Gasteiger partial charge in [0, 0.05) is 18.1 Å². The molecule has 0 unspecified atom stereocenters. The highest BCUT2D eigenvalue weighted by atomic mass is 19.1. The number of hydrogen-bond acceptors (Lipinski definition) is 3. The van der Waals surface area contributed by atoms with Gasteiger partial charge < -0.3 is 5.73 Å². The minimum atomic E-state index is -0.918. The predicted octanol–water partition coefficient (Wildman–Crippen LogP) is 2.17. The molecule has 17 heavy (non-hydrogen) atoms. The maximum atomic E-state index is 13.4. The smallest absolute Gasteiger partial charge is 0.202 e. The quantitative estimate of drug-likeness (QED) is 0.810. The summed E-state index contributed by atoms with van der Waals surface area (Å²) >= 11 is 0. The standard InChI is InChI=1S/C12H8F2N2O/c13-8-2-1-3-9(14)11(8)12(17)7-6-16-5-4-10(7)15/h1-6H,(H2,15,16). The first-order chi connectivity index (χ1) is 8.11. The highest BCUT2D eigenvalue weighted by Crippen LogP contribution is 2.19. The number of rotatable bonds is 2. The lowest BCUT2D eigenvalue weighted by Gasteiger charge is -2.05. The van der Waals surface area contributed by atoms with Gasteiger partial charge in [-0.2, -0.15) is 0 Å². The summed E-state index contributed by atoms with van der Waals surface area (Å²) in [7, 11) is 0. The van der Waals surface area contributed by atoms with Crippen molar-refractivity contribution in [1.29, 1.82) is 0 Å². The zero-order chi connectivity index (χ0) is 12.4. The summed E-state index contributed by atoms with van der Waals surface area (Å²) < 4.78 is 26.8. The minimum Gasteiger partial charge on any atom is -0.398 e. The molecule has 0 saturated heterocycles. The van der Waals surface area contributed by atoms with Crippen molar-refractivity contribution in [2.45, 2.75) is 0 Å². The Balaban J connectivity index is 2.56. The molecule has 0 fully saturated rings. The van der Waals surface area contributed by atoms with Crippen LogP contribution in [-0.2, 0) is 0 Å². The SMILES string of the molecule is Nc1ccncc1C(=O)c1c(F)cccc1F. The number of benzene rings is 1. The number of carbonyl (C=O) groups excluding carboxylic acids is 1. The lowest BCUT2D eigenvalue weighted by atomic mass is 10.0. The Morgan fingerprint density at radius 2 is 1.82 bits per heavy atom. The Morgan fingerprint density at radius 1 is 1.18 bits per heavy atom. The number of nitrogen functional groups attached to an aromatic ring is 1. The summed E-state index contributed by atoms with van der Waals surface area (Å²) in [5, 5.41) is 0. The van der Waals surface area contributed by atoms with E-state index in [0.29, 0.717) is 0 Å². The van der Waals surface area contributed by atoms with E-state index in [4.69, 9.17) is 5.73 Å². The molecule has 0 bridgehead atoms. The van der Waals surface area contributed by atoms with Crippen molar-refractivity contribution in [3.8, 4) is 0 Å². The van der Waals surface area contributed by atoms with Gasteiger partial charge >= 0.3 is 0 Å². The van der Waals surface area contributed by atoms with E-state index >= 15 is 0 Å². The zero-order valence-electron chi connectivity index (χ0n) is 8.65. The summed E-state index contributed by atoms with van der Waals surface area (Å²) in [6.07, 6.45) is 2.58. The zero-order valence-corrected chi connectivity index (χ0v) is 8.65. The van der Waals surface area contributed by atoms with Crippen molar-refractivity contribution < 1.29 is 13.6 Å². The van der Waals surface area contributed by atoms with Crippen LogP contribution in [-0.4, -0.2) is 10.8 Å². The maximum absolute atomic E-state index is 13.4. The van der Waals surface area contributed by atoms with Gasteiger partial charge in [-0.1, -0.05) is 6.07 Å². The van der Waals surface area contributed by atoms with Crippen LogP contribution in [0.2, 0.25) is 0 Å². The van der Waals surface area contributed by atoms with Crippen molar-refractivity contribution >= 4 is 11.5 Å². The molecule has 0 atom stereocenters. The Hall–Kier alpha value is -2.30. The van der Waals surface area contributed by atoms with Gasteiger partial charge in [0.05, 0.1) is 11.1 Å². The van der Waals surface area contributed by atoms with Crippen LogP contribution in [0.15, 0.2) is 36.7 Å². The van der Waals surface area contributed by atoms with Gasteiger partial charge in [-0.3, -0.25) is 9.78 Å². The first kappa shape index (κ1) is 11.2. The molecule has 2 rings (SSSR count). The van der Waals surface area contributed by atoms with E-state index in [-0.39, 0.29) is 11.3 Å². The molecule has 0 aliphatic carbocycles. The van der Waals surface area contributed by atoms with E-state index in [2.05, 4.69) is 4.98 Å². The topological polar surface area (TPSA) is 56.0 Å². The number of halogens is 2. The molecular weight excluding hydrogens is 226 g/mol. The normalized spacial score (nSPS) is 10.2. The second-order valence-corrected chi connectivity index (χ2v) is 3.39. The summed E-state index contributed by atoms with van der Waals surface area (Å²) in [6, 6.07) is 4.62. The average molecular weight is 234 g/mol. The molecule has 0 spiro atoms. The molecule has 1 aromatic carbocycles.